The fraction of sp³-hybridized carbons (Fsp3) is 0.348. The molecular weight excluding hydrogens is 432 g/mol. The van der Waals surface area contributed by atoms with E-state index < -0.39 is 11.0 Å². The summed E-state index contributed by atoms with van der Waals surface area (Å²) >= 11 is 6.03. The number of aryl methyl sites for hydroxylation is 1. The molecule has 168 valence electrons. The Morgan fingerprint density at radius 3 is 2.53 bits per heavy atom. The summed E-state index contributed by atoms with van der Waals surface area (Å²) in [6.07, 6.45) is 0. The molecule has 0 radical (unpaired) electrons. The number of nitro benzene ring substituents is 1. The van der Waals surface area contributed by atoms with E-state index in [1.807, 2.05) is 13.8 Å². The Labute approximate surface area is 190 Å². The fourth-order valence-electron chi connectivity index (χ4n) is 3.69. The molecule has 1 unspecified atom stereocenters. The van der Waals surface area contributed by atoms with Crippen molar-refractivity contribution in [1.82, 2.24) is 14.5 Å². The van der Waals surface area contributed by atoms with E-state index in [-0.39, 0.29) is 28.6 Å². The number of amides is 1. The van der Waals surface area contributed by atoms with E-state index in [9.17, 15) is 19.7 Å². The molecule has 2 aromatic carbocycles. The minimum absolute atomic E-state index is 0.110. The summed E-state index contributed by atoms with van der Waals surface area (Å²) in [4.78, 5) is 43.5. The van der Waals surface area contributed by atoms with Gasteiger partial charge >= 0.3 is 0 Å². The van der Waals surface area contributed by atoms with Crippen molar-refractivity contribution in [2.75, 3.05) is 6.54 Å². The lowest BCUT2D eigenvalue weighted by Gasteiger charge is -2.31. The lowest BCUT2D eigenvalue weighted by molar-refractivity contribution is -0.385. The third kappa shape index (κ3) is 4.50. The number of nitro groups is 1. The molecule has 3 aromatic rings. The van der Waals surface area contributed by atoms with Crippen LogP contribution in [0.5, 0.6) is 0 Å². The summed E-state index contributed by atoms with van der Waals surface area (Å²) in [5, 5.41) is 12.2. The van der Waals surface area contributed by atoms with Crippen LogP contribution in [0.2, 0.25) is 5.02 Å². The van der Waals surface area contributed by atoms with Gasteiger partial charge in [-0.3, -0.25) is 24.3 Å². The number of halogens is 1. The maximum atomic E-state index is 13.5. The molecule has 3 rings (SSSR count). The Bertz CT molecular complexity index is 1270. The van der Waals surface area contributed by atoms with Gasteiger partial charge in [0.2, 0.25) is 0 Å². The highest BCUT2D eigenvalue weighted by Gasteiger charge is 2.28. The third-order valence-electron chi connectivity index (χ3n) is 5.39. The van der Waals surface area contributed by atoms with Crippen LogP contribution in [0.3, 0.4) is 0 Å². The molecule has 0 N–H and O–H groups in total. The number of rotatable bonds is 6. The molecule has 0 spiro atoms. The lowest BCUT2D eigenvalue weighted by Crippen LogP contribution is -2.39. The van der Waals surface area contributed by atoms with Crippen molar-refractivity contribution in [3.05, 3.63) is 78.8 Å². The van der Waals surface area contributed by atoms with Gasteiger partial charge in [-0.25, -0.2) is 4.98 Å². The number of carbonyl (C=O) groups excluding carboxylic acids is 1. The summed E-state index contributed by atoms with van der Waals surface area (Å²) in [5.74, 6) is 0.179. The molecule has 1 heterocycles. The van der Waals surface area contributed by atoms with Gasteiger partial charge in [0, 0.05) is 35.8 Å². The normalized spacial score (nSPS) is 12.2. The average Bonchev–Trinajstić information content (AvgIpc) is 2.74. The standard InChI is InChI=1S/C23H25ClN4O4/c1-13(2)12-27(22(29)16-7-6-14(3)20(10-16)28(31)32)15(4)21-25-19-9-8-17(24)11-18(19)23(30)26(21)5/h6-11,13,15H,12H2,1-5H3. The predicted octanol–water partition coefficient (Wildman–Crippen LogP) is 4.66. The molecule has 0 aliphatic rings. The second kappa shape index (κ2) is 9.08. The van der Waals surface area contributed by atoms with Crippen LogP contribution >= 0.6 is 11.6 Å². The number of aromatic nitrogens is 2. The van der Waals surface area contributed by atoms with Gasteiger partial charge in [0.25, 0.3) is 17.2 Å². The van der Waals surface area contributed by atoms with Gasteiger partial charge in [-0.15, -0.1) is 0 Å². The van der Waals surface area contributed by atoms with E-state index in [1.165, 1.54) is 10.6 Å². The number of carbonyl (C=O) groups is 1. The first kappa shape index (κ1) is 23.4. The van der Waals surface area contributed by atoms with Crippen molar-refractivity contribution in [2.45, 2.75) is 33.7 Å². The highest BCUT2D eigenvalue weighted by Crippen LogP contribution is 2.26. The van der Waals surface area contributed by atoms with Gasteiger partial charge in [-0.1, -0.05) is 31.5 Å². The highest BCUT2D eigenvalue weighted by molar-refractivity contribution is 6.31. The number of nitrogens with zero attached hydrogens (tertiary/aromatic N) is 4. The van der Waals surface area contributed by atoms with Gasteiger partial charge in [-0.2, -0.15) is 0 Å². The zero-order chi connectivity index (χ0) is 23.7. The molecule has 0 fully saturated rings. The first-order valence-corrected chi connectivity index (χ1v) is 10.6. The molecule has 0 saturated heterocycles. The average molecular weight is 457 g/mol. The van der Waals surface area contributed by atoms with Gasteiger partial charge < -0.3 is 4.90 Å². The van der Waals surface area contributed by atoms with Gasteiger partial charge in [-0.05, 0) is 44.0 Å². The summed E-state index contributed by atoms with van der Waals surface area (Å²) in [7, 11) is 1.61. The van der Waals surface area contributed by atoms with Crippen LogP contribution in [0, 0.1) is 23.0 Å². The third-order valence-corrected chi connectivity index (χ3v) is 5.62. The minimum Gasteiger partial charge on any atom is -0.328 e. The van der Waals surface area contributed by atoms with Crippen molar-refractivity contribution in [3.8, 4) is 0 Å². The van der Waals surface area contributed by atoms with Crippen molar-refractivity contribution >= 4 is 34.1 Å². The molecule has 0 bridgehead atoms. The molecule has 8 nitrogen and oxygen atoms in total. The van der Waals surface area contributed by atoms with Crippen molar-refractivity contribution in [2.24, 2.45) is 13.0 Å². The number of benzene rings is 2. The lowest BCUT2D eigenvalue weighted by atomic mass is 10.1. The summed E-state index contributed by atoms with van der Waals surface area (Å²) < 4.78 is 1.42. The number of hydrogen-bond acceptors (Lipinski definition) is 5. The smallest absolute Gasteiger partial charge is 0.273 e. The summed E-state index contributed by atoms with van der Waals surface area (Å²) in [5.41, 5.74) is 0.810. The molecule has 0 aliphatic carbocycles. The van der Waals surface area contributed by atoms with E-state index in [4.69, 9.17) is 11.6 Å². The van der Waals surface area contributed by atoms with E-state index in [0.29, 0.717) is 33.9 Å². The van der Waals surface area contributed by atoms with E-state index in [1.54, 1.807) is 56.1 Å². The maximum absolute atomic E-state index is 13.5. The van der Waals surface area contributed by atoms with Gasteiger partial charge in [0.05, 0.1) is 21.9 Å². The Kier molecular flexibility index (Phi) is 6.64. The Hall–Kier alpha value is -3.26. The SMILES string of the molecule is Cc1ccc(C(=O)N(CC(C)C)C(C)c2nc3ccc(Cl)cc3c(=O)n2C)cc1[N+](=O)[O-]. The molecule has 0 aliphatic heterocycles. The maximum Gasteiger partial charge on any atom is 0.273 e. The predicted molar refractivity (Wildman–Crippen MR) is 124 cm³/mol. The Morgan fingerprint density at radius 2 is 1.91 bits per heavy atom. The summed E-state index contributed by atoms with van der Waals surface area (Å²) in [6.45, 7) is 7.75. The first-order chi connectivity index (χ1) is 15.0. The van der Waals surface area contributed by atoms with Crippen LogP contribution < -0.4 is 5.56 Å². The molecule has 1 atom stereocenters. The Balaban J connectivity index is 2.10. The fourth-order valence-corrected chi connectivity index (χ4v) is 3.86. The van der Waals surface area contributed by atoms with Crippen molar-refractivity contribution in [3.63, 3.8) is 0 Å². The van der Waals surface area contributed by atoms with E-state index in [2.05, 4.69) is 4.98 Å². The number of fused-ring (bicyclic) bond motifs is 1. The molecule has 9 heteroatoms. The molecule has 32 heavy (non-hydrogen) atoms. The van der Waals surface area contributed by atoms with Crippen molar-refractivity contribution < 1.29 is 9.72 Å². The summed E-state index contributed by atoms with van der Waals surface area (Å²) in [6, 6.07) is 8.80. The quantitative estimate of drug-likeness (QED) is 0.396. The zero-order valence-electron chi connectivity index (χ0n) is 18.6. The molecule has 1 amide bonds. The largest absolute Gasteiger partial charge is 0.328 e. The van der Waals surface area contributed by atoms with Gasteiger partial charge in [0.15, 0.2) is 0 Å². The van der Waals surface area contributed by atoms with E-state index in [0.717, 1.165) is 0 Å². The van der Waals surface area contributed by atoms with Crippen LogP contribution in [-0.4, -0.2) is 31.8 Å². The first-order valence-electron chi connectivity index (χ1n) is 10.2. The van der Waals surface area contributed by atoms with Crippen molar-refractivity contribution in [1.29, 1.82) is 0 Å². The number of hydrogen-bond donors (Lipinski definition) is 0. The van der Waals surface area contributed by atoms with Crippen LogP contribution in [0.15, 0.2) is 41.2 Å². The second-order valence-electron chi connectivity index (χ2n) is 8.28. The molecular formula is C23H25ClN4O4. The second-order valence-corrected chi connectivity index (χ2v) is 8.72. The van der Waals surface area contributed by atoms with Crippen LogP contribution in [0.1, 0.15) is 48.6 Å². The van der Waals surface area contributed by atoms with Crippen LogP contribution in [0.25, 0.3) is 10.9 Å². The van der Waals surface area contributed by atoms with Gasteiger partial charge in [0.1, 0.15) is 5.82 Å². The van der Waals surface area contributed by atoms with Crippen LogP contribution in [-0.2, 0) is 7.05 Å². The minimum atomic E-state index is -0.553. The molecule has 0 saturated carbocycles. The zero-order valence-corrected chi connectivity index (χ0v) is 19.4. The van der Waals surface area contributed by atoms with Crippen LogP contribution in [0.4, 0.5) is 5.69 Å². The highest BCUT2D eigenvalue weighted by atomic mass is 35.5. The topological polar surface area (TPSA) is 98.3 Å². The monoisotopic (exact) mass is 456 g/mol. The molecule has 1 aromatic heterocycles. The van der Waals surface area contributed by atoms with E-state index >= 15 is 0 Å². The Morgan fingerprint density at radius 1 is 1.22 bits per heavy atom.